The molecule has 0 aromatic heterocycles. The zero-order valence-corrected chi connectivity index (χ0v) is 17.1. The number of anilines is 2. The Labute approximate surface area is 168 Å². The van der Waals surface area contributed by atoms with Crippen molar-refractivity contribution in [3.63, 3.8) is 0 Å². The van der Waals surface area contributed by atoms with E-state index in [1.165, 1.54) is 42.5 Å². The average molecular weight is 441 g/mol. The molecule has 2 aromatic carbocycles. The second-order valence-corrected chi connectivity index (χ2v) is 9.38. The maximum absolute atomic E-state index is 12.1. The first-order chi connectivity index (χ1) is 13.3. The number of sulfonamides is 2. The molecule has 0 bridgehead atoms. The van der Waals surface area contributed by atoms with Crippen LogP contribution >= 0.6 is 0 Å². The van der Waals surface area contributed by atoms with E-state index in [1.54, 1.807) is 6.92 Å². The molecule has 0 aliphatic heterocycles. The smallest absolute Gasteiger partial charge is 0.338 e. The van der Waals surface area contributed by atoms with Crippen LogP contribution in [0.15, 0.2) is 47.4 Å². The van der Waals surface area contributed by atoms with E-state index in [1.807, 2.05) is 0 Å². The van der Waals surface area contributed by atoms with Crippen LogP contribution in [0.2, 0.25) is 0 Å². The average Bonchev–Trinajstić information content (AvgIpc) is 2.59. The van der Waals surface area contributed by atoms with Gasteiger partial charge in [0.1, 0.15) is 0 Å². The number of esters is 1. The number of carbonyl (C=O) groups is 2. The molecule has 0 saturated heterocycles. The first kappa shape index (κ1) is 22.3. The number of hydrogen-bond donors (Lipinski definition) is 3. The fraction of sp³-hybridized carbons (Fsp3) is 0.176. The van der Waals surface area contributed by atoms with Crippen molar-refractivity contribution in [2.75, 3.05) is 22.9 Å². The first-order valence-corrected chi connectivity index (χ1v) is 11.5. The van der Waals surface area contributed by atoms with Gasteiger partial charge in [0.2, 0.25) is 20.0 Å². The molecule has 10 nitrogen and oxygen atoms in total. The van der Waals surface area contributed by atoms with Gasteiger partial charge in [-0.1, -0.05) is 12.1 Å². The lowest BCUT2D eigenvalue weighted by Gasteiger charge is -2.10. The standard InChI is InChI=1S/C17H19N3O7S2/c1-11-6-7-13(9-15(11)29(18,25)26)19-16(21)10-27-17(22)12-4-3-5-14(8-12)20-28(2,23)24/h3-9,20H,10H2,1-2H3,(H,19,21)(H2,18,25,26). The minimum absolute atomic E-state index is 0.0401. The van der Waals surface area contributed by atoms with Crippen LogP contribution in [-0.4, -0.2) is 41.6 Å². The summed E-state index contributed by atoms with van der Waals surface area (Å²) in [7, 11) is -7.47. The van der Waals surface area contributed by atoms with Gasteiger partial charge in [0.05, 0.1) is 16.7 Å². The summed E-state index contributed by atoms with van der Waals surface area (Å²) in [4.78, 5) is 23.9. The highest BCUT2D eigenvalue weighted by Crippen LogP contribution is 2.19. The number of aryl methyl sites for hydroxylation is 1. The fourth-order valence-corrected chi connectivity index (χ4v) is 3.68. The van der Waals surface area contributed by atoms with Gasteiger partial charge in [0.15, 0.2) is 6.61 Å². The molecule has 0 aliphatic carbocycles. The molecule has 0 atom stereocenters. The number of carbonyl (C=O) groups excluding carboxylic acids is 2. The third kappa shape index (κ3) is 6.85. The van der Waals surface area contributed by atoms with Gasteiger partial charge < -0.3 is 10.1 Å². The zero-order valence-electron chi connectivity index (χ0n) is 15.5. The van der Waals surface area contributed by atoms with E-state index in [0.717, 1.165) is 6.26 Å². The van der Waals surface area contributed by atoms with Gasteiger partial charge in [0, 0.05) is 11.4 Å². The molecular formula is C17H19N3O7S2. The van der Waals surface area contributed by atoms with E-state index in [4.69, 9.17) is 9.88 Å². The minimum Gasteiger partial charge on any atom is -0.452 e. The van der Waals surface area contributed by atoms with Crippen molar-refractivity contribution in [1.82, 2.24) is 0 Å². The Morgan fingerprint density at radius 3 is 2.34 bits per heavy atom. The Morgan fingerprint density at radius 1 is 1.03 bits per heavy atom. The fourth-order valence-electron chi connectivity index (χ4n) is 2.32. The Hall–Kier alpha value is -2.96. The van der Waals surface area contributed by atoms with E-state index in [9.17, 15) is 26.4 Å². The predicted octanol–water partition coefficient (Wildman–Crippen LogP) is 0.809. The van der Waals surface area contributed by atoms with Gasteiger partial charge in [-0.2, -0.15) is 0 Å². The van der Waals surface area contributed by atoms with Crippen LogP contribution in [0.3, 0.4) is 0 Å². The molecule has 2 rings (SSSR count). The summed E-state index contributed by atoms with van der Waals surface area (Å²) in [5, 5.41) is 7.52. The molecule has 0 fully saturated rings. The molecule has 0 aliphatic rings. The number of benzene rings is 2. The van der Waals surface area contributed by atoms with Gasteiger partial charge in [-0.15, -0.1) is 0 Å². The Bertz CT molecular complexity index is 1160. The number of primary sulfonamides is 1. The lowest BCUT2D eigenvalue weighted by Crippen LogP contribution is -2.21. The molecule has 29 heavy (non-hydrogen) atoms. The van der Waals surface area contributed by atoms with Crippen LogP contribution in [0.25, 0.3) is 0 Å². The van der Waals surface area contributed by atoms with Crippen LogP contribution in [0.1, 0.15) is 15.9 Å². The molecule has 1 amide bonds. The molecule has 0 spiro atoms. The van der Waals surface area contributed by atoms with Crippen molar-refractivity contribution in [2.45, 2.75) is 11.8 Å². The van der Waals surface area contributed by atoms with E-state index in [0.29, 0.717) is 5.56 Å². The van der Waals surface area contributed by atoms with E-state index >= 15 is 0 Å². The summed E-state index contributed by atoms with van der Waals surface area (Å²) >= 11 is 0. The minimum atomic E-state index is -3.96. The monoisotopic (exact) mass is 441 g/mol. The number of hydrogen-bond acceptors (Lipinski definition) is 7. The normalized spacial score (nSPS) is 11.6. The second-order valence-electron chi connectivity index (χ2n) is 6.10. The first-order valence-electron chi connectivity index (χ1n) is 8.03. The highest BCUT2D eigenvalue weighted by Gasteiger charge is 2.15. The van der Waals surface area contributed by atoms with Gasteiger partial charge in [0.25, 0.3) is 5.91 Å². The number of amides is 1. The molecule has 0 unspecified atom stereocenters. The predicted molar refractivity (Wildman–Crippen MR) is 106 cm³/mol. The lowest BCUT2D eigenvalue weighted by atomic mass is 10.2. The van der Waals surface area contributed by atoms with E-state index < -0.39 is 38.5 Å². The Balaban J connectivity index is 2.01. The second kappa shape index (κ2) is 8.59. The number of rotatable bonds is 7. The maximum Gasteiger partial charge on any atom is 0.338 e. The third-order valence-electron chi connectivity index (χ3n) is 3.51. The number of nitrogens with two attached hydrogens (primary N) is 1. The van der Waals surface area contributed by atoms with Crippen molar-refractivity contribution in [3.8, 4) is 0 Å². The summed E-state index contributed by atoms with van der Waals surface area (Å²) < 4.78 is 52.7. The van der Waals surface area contributed by atoms with Crippen molar-refractivity contribution < 1.29 is 31.2 Å². The largest absolute Gasteiger partial charge is 0.452 e. The van der Waals surface area contributed by atoms with Crippen molar-refractivity contribution in [1.29, 1.82) is 0 Å². The van der Waals surface area contributed by atoms with Crippen LogP contribution in [-0.2, 0) is 29.6 Å². The van der Waals surface area contributed by atoms with Crippen molar-refractivity contribution in [2.24, 2.45) is 5.14 Å². The van der Waals surface area contributed by atoms with Crippen LogP contribution < -0.4 is 15.2 Å². The quantitative estimate of drug-likeness (QED) is 0.535. The maximum atomic E-state index is 12.1. The topological polar surface area (TPSA) is 162 Å². The molecule has 0 heterocycles. The molecular weight excluding hydrogens is 422 g/mol. The highest BCUT2D eigenvalue weighted by atomic mass is 32.2. The van der Waals surface area contributed by atoms with Gasteiger partial charge in [-0.3, -0.25) is 9.52 Å². The summed E-state index contributed by atoms with van der Waals surface area (Å²) in [5.41, 5.74) is 0.791. The molecule has 156 valence electrons. The summed E-state index contributed by atoms with van der Waals surface area (Å²) in [6.07, 6.45) is 0.967. The lowest BCUT2D eigenvalue weighted by molar-refractivity contribution is -0.119. The van der Waals surface area contributed by atoms with Crippen molar-refractivity contribution in [3.05, 3.63) is 53.6 Å². The number of nitrogens with one attached hydrogen (secondary N) is 2. The third-order valence-corrected chi connectivity index (χ3v) is 5.17. The van der Waals surface area contributed by atoms with Crippen LogP contribution in [0.4, 0.5) is 11.4 Å². The van der Waals surface area contributed by atoms with Gasteiger partial charge in [-0.05, 0) is 42.8 Å². The molecule has 4 N–H and O–H groups in total. The SMILES string of the molecule is Cc1ccc(NC(=O)COC(=O)c2cccc(NS(C)(=O)=O)c2)cc1S(N)(=O)=O. The highest BCUT2D eigenvalue weighted by molar-refractivity contribution is 7.92. The summed E-state index contributed by atoms with van der Waals surface area (Å²) in [6.45, 7) is 0.918. The van der Waals surface area contributed by atoms with E-state index in [-0.39, 0.29) is 21.8 Å². The van der Waals surface area contributed by atoms with E-state index in [2.05, 4.69) is 10.0 Å². The van der Waals surface area contributed by atoms with Crippen LogP contribution in [0.5, 0.6) is 0 Å². The van der Waals surface area contributed by atoms with Crippen LogP contribution in [0, 0.1) is 6.92 Å². The summed E-state index contributed by atoms with van der Waals surface area (Å²) in [6, 6.07) is 9.71. The summed E-state index contributed by atoms with van der Waals surface area (Å²) in [5.74, 6) is -1.54. The van der Waals surface area contributed by atoms with Crippen molar-refractivity contribution >= 4 is 43.3 Å². The molecule has 12 heteroatoms. The Kier molecular flexibility index (Phi) is 6.62. The molecule has 2 aromatic rings. The Morgan fingerprint density at radius 2 is 1.72 bits per heavy atom. The molecule has 0 saturated carbocycles. The number of ether oxygens (including phenoxy) is 1. The van der Waals surface area contributed by atoms with Gasteiger partial charge >= 0.3 is 5.97 Å². The van der Waals surface area contributed by atoms with Gasteiger partial charge in [-0.25, -0.2) is 26.8 Å². The molecule has 0 radical (unpaired) electrons. The zero-order chi connectivity index (χ0) is 21.8.